The second kappa shape index (κ2) is 7.09. The molecule has 1 heterocycles. The maximum absolute atomic E-state index is 6.18. The van der Waals surface area contributed by atoms with E-state index in [0.29, 0.717) is 10.0 Å². The molecular formula is C14H18Cl2N4. The van der Waals surface area contributed by atoms with Gasteiger partial charge in [0.15, 0.2) is 0 Å². The monoisotopic (exact) mass is 312 g/mol. The summed E-state index contributed by atoms with van der Waals surface area (Å²) < 4.78 is 1.80. The summed E-state index contributed by atoms with van der Waals surface area (Å²) in [6.45, 7) is 0. The Morgan fingerprint density at radius 1 is 1.40 bits per heavy atom. The van der Waals surface area contributed by atoms with E-state index in [1.165, 1.54) is 5.56 Å². The largest absolute Gasteiger partial charge is 0.276 e. The van der Waals surface area contributed by atoms with E-state index >= 15 is 0 Å². The molecule has 0 fully saturated rings. The van der Waals surface area contributed by atoms with Crippen LogP contribution in [0.3, 0.4) is 0 Å². The normalized spacial score (nSPS) is 12.6. The fourth-order valence-electron chi connectivity index (χ4n) is 2.14. The molecule has 0 aliphatic heterocycles. The van der Waals surface area contributed by atoms with E-state index < -0.39 is 0 Å². The quantitative estimate of drug-likeness (QED) is 0.637. The highest BCUT2D eigenvalue weighted by Gasteiger charge is 2.11. The zero-order chi connectivity index (χ0) is 14.5. The lowest BCUT2D eigenvalue weighted by atomic mass is 10.0. The van der Waals surface area contributed by atoms with Crippen LogP contribution in [0.4, 0.5) is 0 Å². The van der Waals surface area contributed by atoms with Crippen LogP contribution in [-0.2, 0) is 19.9 Å². The van der Waals surface area contributed by atoms with E-state index in [1.807, 2.05) is 31.6 Å². The van der Waals surface area contributed by atoms with Crippen LogP contribution >= 0.6 is 23.2 Å². The minimum absolute atomic E-state index is 0.161. The number of nitrogens with two attached hydrogens (primary N) is 1. The van der Waals surface area contributed by atoms with Crippen molar-refractivity contribution in [3.8, 4) is 0 Å². The molecule has 1 unspecified atom stereocenters. The van der Waals surface area contributed by atoms with Gasteiger partial charge in [0.1, 0.15) is 0 Å². The summed E-state index contributed by atoms with van der Waals surface area (Å²) in [4.78, 5) is 0. The van der Waals surface area contributed by atoms with E-state index in [0.717, 1.165) is 24.8 Å². The lowest BCUT2D eigenvalue weighted by Crippen LogP contribution is -2.37. The third-order valence-corrected chi connectivity index (χ3v) is 3.84. The standard InChI is InChI=1S/C14H18Cl2N4/c1-20-9-10(8-18-20)2-5-13(19-17)6-11-3-4-12(15)7-14(11)16/h3-4,7-9,13,19H,2,5-6,17H2,1H3. The van der Waals surface area contributed by atoms with Gasteiger partial charge in [-0.25, -0.2) is 0 Å². The summed E-state index contributed by atoms with van der Waals surface area (Å²) in [6, 6.07) is 5.71. The van der Waals surface area contributed by atoms with Gasteiger partial charge >= 0.3 is 0 Å². The van der Waals surface area contributed by atoms with Gasteiger partial charge in [0.2, 0.25) is 0 Å². The number of nitrogens with one attached hydrogen (secondary N) is 1. The molecule has 2 rings (SSSR count). The molecule has 1 atom stereocenters. The Labute approximate surface area is 128 Å². The van der Waals surface area contributed by atoms with Crippen molar-refractivity contribution in [3.05, 3.63) is 51.8 Å². The van der Waals surface area contributed by atoms with E-state index in [-0.39, 0.29) is 6.04 Å². The van der Waals surface area contributed by atoms with Crippen molar-refractivity contribution in [1.82, 2.24) is 15.2 Å². The second-order valence-electron chi connectivity index (χ2n) is 4.86. The maximum atomic E-state index is 6.18. The van der Waals surface area contributed by atoms with Crippen molar-refractivity contribution in [2.75, 3.05) is 0 Å². The molecule has 108 valence electrons. The van der Waals surface area contributed by atoms with Gasteiger partial charge in [-0.3, -0.25) is 16.0 Å². The molecule has 0 spiro atoms. The van der Waals surface area contributed by atoms with E-state index in [9.17, 15) is 0 Å². The first-order valence-corrected chi connectivity index (χ1v) is 7.21. The van der Waals surface area contributed by atoms with Crippen molar-refractivity contribution in [3.63, 3.8) is 0 Å². The van der Waals surface area contributed by atoms with Crippen molar-refractivity contribution in [2.45, 2.75) is 25.3 Å². The van der Waals surface area contributed by atoms with Crippen LogP contribution in [0.5, 0.6) is 0 Å². The minimum Gasteiger partial charge on any atom is -0.276 e. The summed E-state index contributed by atoms with van der Waals surface area (Å²) in [5, 5.41) is 5.48. The molecule has 1 aromatic carbocycles. The Morgan fingerprint density at radius 2 is 2.20 bits per heavy atom. The first-order chi connectivity index (χ1) is 9.58. The Morgan fingerprint density at radius 3 is 2.80 bits per heavy atom. The predicted molar refractivity (Wildman–Crippen MR) is 82.8 cm³/mol. The fourth-order valence-corrected chi connectivity index (χ4v) is 2.62. The summed E-state index contributed by atoms with van der Waals surface area (Å²) in [6.07, 6.45) is 6.51. The van der Waals surface area contributed by atoms with Crippen LogP contribution in [0.2, 0.25) is 10.0 Å². The van der Waals surface area contributed by atoms with Crippen LogP contribution in [0.25, 0.3) is 0 Å². The van der Waals surface area contributed by atoms with E-state index in [4.69, 9.17) is 29.0 Å². The molecule has 0 aliphatic rings. The van der Waals surface area contributed by atoms with Crippen molar-refractivity contribution >= 4 is 23.2 Å². The number of hydrogen-bond acceptors (Lipinski definition) is 3. The number of benzene rings is 1. The number of aromatic nitrogens is 2. The summed E-state index contributed by atoms with van der Waals surface area (Å²) >= 11 is 12.1. The Bertz CT molecular complexity index is 568. The van der Waals surface area contributed by atoms with Gasteiger partial charge in [0.25, 0.3) is 0 Å². The van der Waals surface area contributed by atoms with Gasteiger partial charge < -0.3 is 0 Å². The highest BCUT2D eigenvalue weighted by molar-refractivity contribution is 6.35. The zero-order valence-electron chi connectivity index (χ0n) is 11.3. The van der Waals surface area contributed by atoms with Crippen LogP contribution in [-0.4, -0.2) is 15.8 Å². The molecule has 0 saturated carbocycles. The number of nitrogens with zero attached hydrogens (tertiary/aromatic N) is 2. The van der Waals surface area contributed by atoms with E-state index in [2.05, 4.69) is 10.5 Å². The van der Waals surface area contributed by atoms with Gasteiger partial charge in [0, 0.05) is 29.3 Å². The molecule has 4 nitrogen and oxygen atoms in total. The van der Waals surface area contributed by atoms with Gasteiger partial charge in [-0.2, -0.15) is 5.10 Å². The van der Waals surface area contributed by atoms with Crippen LogP contribution in [0.1, 0.15) is 17.5 Å². The topological polar surface area (TPSA) is 55.9 Å². The lowest BCUT2D eigenvalue weighted by Gasteiger charge is -2.16. The predicted octanol–water partition coefficient (Wildman–Crippen LogP) is 2.73. The molecule has 20 heavy (non-hydrogen) atoms. The Hall–Kier alpha value is -1.07. The van der Waals surface area contributed by atoms with E-state index in [1.54, 1.807) is 10.7 Å². The summed E-state index contributed by atoms with van der Waals surface area (Å²) in [5.74, 6) is 5.63. The molecule has 2 aromatic rings. The zero-order valence-corrected chi connectivity index (χ0v) is 12.8. The second-order valence-corrected chi connectivity index (χ2v) is 5.71. The number of rotatable bonds is 6. The average Bonchev–Trinajstić information content (AvgIpc) is 2.82. The smallest absolute Gasteiger partial charge is 0.0521 e. The third-order valence-electron chi connectivity index (χ3n) is 3.26. The van der Waals surface area contributed by atoms with Crippen molar-refractivity contribution in [2.24, 2.45) is 12.9 Å². The fraction of sp³-hybridized carbons (Fsp3) is 0.357. The molecule has 0 amide bonds. The number of hydrazine groups is 1. The van der Waals surface area contributed by atoms with Crippen LogP contribution in [0, 0.1) is 0 Å². The first-order valence-electron chi connectivity index (χ1n) is 6.46. The molecule has 0 aliphatic carbocycles. The van der Waals surface area contributed by atoms with Gasteiger partial charge in [-0.05, 0) is 42.5 Å². The van der Waals surface area contributed by atoms with Crippen molar-refractivity contribution in [1.29, 1.82) is 0 Å². The van der Waals surface area contributed by atoms with Crippen LogP contribution in [0.15, 0.2) is 30.6 Å². The highest BCUT2D eigenvalue weighted by Crippen LogP contribution is 2.22. The van der Waals surface area contributed by atoms with Crippen LogP contribution < -0.4 is 11.3 Å². The number of halogens is 2. The number of aryl methyl sites for hydroxylation is 2. The molecule has 0 bridgehead atoms. The molecular weight excluding hydrogens is 295 g/mol. The summed E-state index contributed by atoms with van der Waals surface area (Å²) in [7, 11) is 1.91. The Balaban J connectivity index is 1.94. The van der Waals surface area contributed by atoms with Gasteiger partial charge in [0.05, 0.1) is 6.20 Å². The van der Waals surface area contributed by atoms with Gasteiger partial charge in [-0.1, -0.05) is 29.3 Å². The molecule has 6 heteroatoms. The first kappa shape index (κ1) is 15.3. The minimum atomic E-state index is 0.161. The molecule has 0 saturated heterocycles. The number of hydrogen-bond donors (Lipinski definition) is 2. The summed E-state index contributed by atoms with van der Waals surface area (Å²) in [5.41, 5.74) is 5.10. The highest BCUT2D eigenvalue weighted by atomic mass is 35.5. The van der Waals surface area contributed by atoms with Gasteiger partial charge in [-0.15, -0.1) is 0 Å². The average molecular weight is 313 g/mol. The lowest BCUT2D eigenvalue weighted by molar-refractivity contribution is 0.491. The molecule has 1 aromatic heterocycles. The van der Waals surface area contributed by atoms with Crippen molar-refractivity contribution < 1.29 is 0 Å². The molecule has 3 N–H and O–H groups in total. The molecule has 0 radical (unpaired) electrons. The SMILES string of the molecule is Cn1cc(CCC(Cc2ccc(Cl)cc2Cl)NN)cn1. The third kappa shape index (κ3) is 4.21. The Kier molecular flexibility index (Phi) is 5.43. The maximum Gasteiger partial charge on any atom is 0.0521 e.